The van der Waals surface area contributed by atoms with Gasteiger partial charge in [-0.2, -0.15) is 0 Å². The van der Waals surface area contributed by atoms with Gasteiger partial charge in [0.2, 0.25) is 0 Å². The minimum Gasteiger partial charge on any atom is -0.326 e. The van der Waals surface area contributed by atoms with Crippen molar-refractivity contribution in [2.45, 2.75) is 44.7 Å². The van der Waals surface area contributed by atoms with Gasteiger partial charge in [0.25, 0.3) is 0 Å². The highest BCUT2D eigenvalue weighted by molar-refractivity contribution is 5.29. The zero-order valence-electron chi connectivity index (χ0n) is 11.1. The van der Waals surface area contributed by atoms with Crippen LogP contribution in [0.25, 0.3) is 0 Å². The van der Waals surface area contributed by atoms with Crippen molar-refractivity contribution in [2.75, 3.05) is 0 Å². The van der Waals surface area contributed by atoms with E-state index < -0.39 is 0 Å². The Morgan fingerprint density at radius 1 is 1.16 bits per heavy atom. The highest BCUT2D eigenvalue weighted by Crippen LogP contribution is 2.30. The molecule has 1 saturated carbocycles. The molecule has 4 heteroatoms. The number of benzene rings is 1. The molecule has 0 amide bonds. The zero-order valence-corrected chi connectivity index (χ0v) is 11.1. The van der Waals surface area contributed by atoms with E-state index in [1.54, 1.807) is 0 Å². The van der Waals surface area contributed by atoms with Crippen LogP contribution in [0.15, 0.2) is 30.6 Å². The van der Waals surface area contributed by atoms with Crippen LogP contribution in [0, 0.1) is 0 Å². The molecule has 0 bridgehead atoms. The molecular formula is C15H20N4. The maximum absolute atomic E-state index is 5.80. The van der Waals surface area contributed by atoms with Crippen molar-refractivity contribution in [3.05, 3.63) is 47.5 Å². The van der Waals surface area contributed by atoms with Crippen molar-refractivity contribution in [3.63, 3.8) is 0 Å². The third kappa shape index (κ3) is 2.54. The summed E-state index contributed by atoms with van der Waals surface area (Å²) >= 11 is 0. The smallest absolute Gasteiger partial charge is 0.137 e. The Bertz CT molecular complexity index is 541. The fraction of sp³-hybridized carbons (Fsp3) is 0.467. The Morgan fingerprint density at radius 3 is 2.63 bits per heavy atom. The lowest BCUT2D eigenvalue weighted by Crippen LogP contribution is -2.10. The lowest BCUT2D eigenvalue weighted by atomic mass is 10.0. The van der Waals surface area contributed by atoms with Crippen molar-refractivity contribution in [1.29, 1.82) is 0 Å². The fourth-order valence-corrected chi connectivity index (χ4v) is 2.98. The first-order valence-electron chi connectivity index (χ1n) is 7.03. The lowest BCUT2D eigenvalue weighted by molar-refractivity contribution is 0.500. The van der Waals surface area contributed by atoms with Gasteiger partial charge >= 0.3 is 0 Å². The van der Waals surface area contributed by atoms with Crippen LogP contribution >= 0.6 is 0 Å². The molecule has 2 aromatic rings. The maximum Gasteiger partial charge on any atom is 0.137 e. The van der Waals surface area contributed by atoms with E-state index in [4.69, 9.17) is 5.73 Å². The fourth-order valence-electron chi connectivity index (χ4n) is 2.98. The molecule has 3 rings (SSSR count). The Labute approximate surface area is 113 Å². The molecule has 0 atom stereocenters. The third-order valence-electron chi connectivity index (χ3n) is 4.05. The molecule has 0 saturated heterocycles. The molecular weight excluding hydrogens is 236 g/mol. The van der Waals surface area contributed by atoms with Gasteiger partial charge in [0.1, 0.15) is 12.2 Å². The number of nitrogens with two attached hydrogens (primary N) is 1. The van der Waals surface area contributed by atoms with Crippen molar-refractivity contribution in [2.24, 2.45) is 5.73 Å². The first kappa shape index (κ1) is 12.4. The van der Waals surface area contributed by atoms with Crippen molar-refractivity contribution < 1.29 is 0 Å². The van der Waals surface area contributed by atoms with Gasteiger partial charge in [-0.1, -0.05) is 37.1 Å². The SMILES string of the molecule is NCc1ccccc1Cc1nncn1C1CCCC1. The largest absolute Gasteiger partial charge is 0.326 e. The standard InChI is InChI=1S/C15H20N4/c16-10-13-6-2-1-5-12(13)9-15-18-17-11-19(15)14-7-3-4-8-14/h1-2,5-6,11,14H,3-4,7-10,16H2. The van der Waals surface area contributed by atoms with Gasteiger partial charge in [-0.3, -0.25) is 0 Å². The van der Waals surface area contributed by atoms with Gasteiger partial charge in [0.15, 0.2) is 0 Å². The topological polar surface area (TPSA) is 56.7 Å². The molecule has 1 fully saturated rings. The van der Waals surface area contributed by atoms with Gasteiger partial charge in [-0.25, -0.2) is 0 Å². The molecule has 0 aliphatic heterocycles. The van der Waals surface area contributed by atoms with E-state index in [9.17, 15) is 0 Å². The summed E-state index contributed by atoms with van der Waals surface area (Å²) in [6.45, 7) is 0.577. The monoisotopic (exact) mass is 256 g/mol. The second kappa shape index (κ2) is 5.53. The summed E-state index contributed by atoms with van der Waals surface area (Å²) in [5, 5.41) is 8.40. The summed E-state index contributed by atoms with van der Waals surface area (Å²) in [6.07, 6.45) is 7.86. The van der Waals surface area contributed by atoms with Gasteiger partial charge in [0, 0.05) is 19.0 Å². The number of hydrogen-bond donors (Lipinski definition) is 1. The Balaban J connectivity index is 1.85. The minimum atomic E-state index is 0.577. The first-order chi connectivity index (χ1) is 9.38. The van der Waals surface area contributed by atoms with Crippen LogP contribution in [0.2, 0.25) is 0 Å². The number of hydrogen-bond acceptors (Lipinski definition) is 3. The van der Waals surface area contributed by atoms with Gasteiger partial charge < -0.3 is 10.3 Å². The molecule has 1 aromatic carbocycles. The average molecular weight is 256 g/mol. The molecule has 1 aliphatic carbocycles. The van der Waals surface area contributed by atoms with E-state index in [1.165, 1.54) is 36.8 Å². The van der Waals surface area contributed by atoms with E-state index in [-0.39, 0.29) is 0 Å². The van der Waals surface area contributed by atoms with E-state index in [0.717, 1.165) is 12.2 Å². The molecule has 1 aliphatic rings. The summed E-state index contributed by atoms with van der Waals surface area (Å²) < 4.78 is 2.26. The second-order valence-electron chi connectivity index (χ2n) is 5.24. The van der Waals surface area contributed by atoms with E-state index >= 15 is 0 Å². The summed E-state index contributed by atoms with van der Waals surface area (Å²) in [6, 6.07) is 8.91. The van der Waals surface area contributed by atoms with Gasteiger partial charge in [-0.05, 0) is 24.0 Å². The molecule has 2 N–H and O–H groups in total. The van der Waals surface area contributed by atoms with Crippen molar-refractivity contribution in [3.8, 4) is 0 Å². The molecule has 0 radical (unpaired) electrons. The molecule has 0 unspecified atom stereocenters. The summed E-state index contributed by atoms with van der Waals surface area (Å²) in [4.78, 5) is 0. The summed E-state index contributed by atoms with van der Waals surface area (Å²) in [5.41, 5.74) is 8.26. The van der Waals surface area contributed by atoms with Gasteiger partial charge in [0.05, 0.1) is 0 Å². The third-order valence-corrected chi connectivity index (χ3v) is 4.05. The summed E-state index contributed by atoms with van der Waals surface area (Å²) in [7, 11) is 0. The molecule has 1 aromatic heterocycles. The van der Waals surface area contributed by atoms with Crippen molar-refractivity contribution in [1.82, 2.24) is 14.8 Å². The van der Waals surface area contributed by atoms with Crippen LogP contribution in [0.5, 0.6) is 0 Å². The average Bonchev–Trinajstić information content (AvgIpc) is 3.09. The number of rotatable bonds is 4. The summed E-state index contributed by atoms with van der Waals surface area (Å²) in [5.74, 6) is 1.06. The number of aromatic nitrogens is 3. The Kier molecular flexibility index (Phi) is 3.60. The molecule has 1 heterocycles. The first-order valence-corrected chi connectivity index (χ1v) is 7.03. The predicted octanol–water partition coefficient (Wildman–Crippen LogP) is 2.44. The van der Waals surface area contributed by atoms with E-state index in [0.29, 0.717) is 12.6 Å². The Hall–Kier alpha value is -1.68. The molecule has 100 valence electrons. The van der Waals surface area contributed by atoms with Crippen LogP contribution in [0.1, 0.15) is 48.7 Å². The minimum absolute atomic E-state index is 0.577. The predicted molar refractivity (Wildman–Crippen MR) is 74.7 cm³/mol. The van der Waals surface area contributed by atoms with E-state index in [2.05, 4.69) is 33.0 Å². The number of nitrogens with zero attached hydrogens (tertiary/aromatic N) is 3. The zero-order chi connectivity index (χ0) is 13.1. The normalized spacial score (nSPS) is 16.1. The van der Waals surface area contributed by atoms with Crippen LogP contribution < -0.4 is 5.73 Å². The molecule has 4 nitrogen and oxygen atoms in total. The van der Waals surface area contributed by atoms with Crippen LogP contribution in [0.3, 0.4) is 0 Å². The highest BCUT2D eigenvalue weighted by Gasteiger charge is 2.20. The maximum atomic E-state index is 5.80. The van der Waals surface area contributed by atoms with Gasteiger partial charge in [-0.15, -0.1) is 10.2 Å². The molecule has 0 spiro atoms. The van der Waals surface area contributed by atoms with Crippen LogP contribution in [0.4, 0.5) is 0 Å². The molecule has 19 heavy (non-hydrogen) atoms. The highest BCUT2D eigenvalue weighted by atomic mass is 15.3. The Morgan fingerprint density at radius 2 is 1.89 bits per heavy atom. The quantitative estimate of drug-likeness (QED) is 0.914. The van der Waals surface area contributed by atoms with E-state index in [1.807, 2.05) is 12.4 Å². The van der Waals surface area contributed by atoms with Crippen molar-refractivity contribution >= 4 is 0 Å². The lowest BCUT2D eigenvalue weighted by Gasteiger charge is -2.14. The second-order valence-corrected chi connectivity index (χ2v) is 5.24. The van der Waals surface area contributed by atoms with Crippen LogP contribution in [-0.2, 0) is 13.0 Å². The van der Waals surface area contributed by atoms with Crippen LogP contribution in [-0.4, -0.2) is 14.8 Å².